The van der Waals surface area contributed by atoms with E-state index in [2.05, 4.69) is 25.6 Å². The summed E-state index contributed by atoms with van der Waals surface area (Å²) in [4.78, 5) is 13.9. The Bertz CT molecular complexity index is 603. The minimum Gasteiger partial charge on any atom is -0.862 e. The summed E-state index contributed by atoms with van der Waals surface area (Å²) in [5.74, 6) is -0.285. The summed E-state index contributed by atoms with van der Waals surface area (Å²) in [7, 11) is 0. The summed E-state index contributed by atoms with van der Waals surface area (Å²) in [5.41, 5.74) is 0.389. The maximum atomic E-state index is 11.0. The first kappa shape index (κ1) is 11.6. The summed E-state index contributed by atoms with van der Waals surface area (Å²) >= 11 is 0. The third-order valence-corrected chi connectivity index (χ3v) is 2.06. The van der Waals surface area contributed by atoms with E-state index >= 15 is 0 Å². The Labute approximate surface area is 100 Å². The molecule has 0 radical (unpaired) electrons. The number of tetrazole rings is 1. The highest BCUT2D eigenvalue weighted by Crippen LogP contribution is 2.31. The molecular weight excluding hydrogens is 240 g/mol. The molecule has 2 rings (SSSR count). The number of nitrogens with one attached hydrogen (secondary N) is 1. The summed E-state index contributed by atoms with van der Waals surface area (Å²) < 4.78 is 0. The van der Waals surface area contributed by atoms with Gasteiger partial charge in [-0.2, -0.15) is 5.21 Å². The number of aliphatic imine (C=N–C) groups is 1. The summed E-state index contributed by atoms with van der Waals surface area (Å²) in [6.45, 7) is 1.28. The van der Waals surface area contributed by atoms with Crippen LogP contribution in [0, 0.1) is 10.1 Å². The van der Waals surface area contributed by atoms with Crippen molar-refractivity contribution in [3.63, 3.8) is 0 Å². The molecule has 9 nitrogen and oxygen atoms in total. The molecule has 0 bridgehead atoms. The molecule has 1 heterocycles. The van der Waals surface area contributed by atoms with Gasteiger partial charge in [0, 0.05) is 12.1 Å². The van der Waals surface area contributed by atoms with Crippen LogP contribution in [0.5, 0.6) is 0 Å². The lowest BCUT2D eigenvalue weighted by Crippen LogP contribution is -2.11. The molecule has 0 fully saturated rings. The van der Waals surface area contributed by atoms with Gasteiger partial charge in [0.1, 0.15) is 0 Å². The van der Waals surface area contributed by atoms with Gasteiger partial charge in [0.2, 0.25) is 5.82 Å². The number of nitro benzene ring substituents is 1. The zero-order chi connectivity index (χ0) is 13.1. The Balaban J connectivity index is 2.61. The fourth-order valence-electron chi connectivity index (χ4n) is 1.36. The van der Waals surface area contributed by atoms with E-state index in [1.807, 2.05) is 0 Å². The van der Waals surface area contributed by atoms with Crippen molar-refractivity contribution in [2.24, 2.45) is 4.99 Å². The van der Waals surface area contributed by atoms with Crippen LogP contribution in [0.2, 0.25) is 0 Å². The minimum absolute atomic E-state index is 0.138. The average Bonchev–Trinajstić information content (AvgIpc) is 2.81. The smallest absolute Gasteiger partial charge is 0.270 e. The van der Waals surface area contributed by atoms with Gasteiger partial charge in [-0.3, -0.25) is 15.1 Å². The van der Waals surface area contributed by atoms with Crippen LogP contribution >= 0.6 is 0 Å². The Hall–Kier alpha value is -2.84. The van der Waals surface area contributed by atoms with E-state index in [1.54, 1.807) is 0 Å². The zero-order valence-corrected chi connectivity index (χ0v) is 9.19. The fourth-order valence-corrected chi connectivity index (χ4v) is 1.36. The second-order valence-corrected chi connectivity index (χ2v) is 3.32. The summed E-state index contributed by atoms with van der Waals surface area (Å²) in [6, 6.07) is 3.86. The van der Waals surface area contributed by atoms with E-state index in [0.717, 1.165) is 0 Å². The third-order valence-electron chi connectivity index (χ3n) is 2.06. The monoisotopic (exact) mass is 247 g/mol. The molecule has 0 atom stereocenters. The molecule has 1 N–H and O–H groups in total. The minimum atomic E-state index is -0.554. The Kier molecular flexibility index (Phi) is 2.96. The number of hydrogen-bond donors (Lipinski definition) is 1. The van der Waals surface area contributed by atoms with Crippen LogP contribution < -0.4 is 5.11 Å². The number of nitrogens with zero attached hydrogens (tertiary/aromatic N) is 5. The first-order chi connectivity index (χ1) is 8.58. The third kappa shape index (κ3) is 2.29. The first-order valence-corrected chi connectivity index (χ1v) is 4.82. The molecule has 0 aliphatic rings. The van der Waals surface area contributed by atoms with E-state index in [-0.39, 0.29) is 22.8 Å². The predicted molar refractivity (Wildman–Crippen MR) is 59.0 cm³/mol. The molecule has 1 aromatic carbocycles. The van der Waals surface area contributed by atoms with E-state index in [9.17, 15) is 15.2 Å². The van der Waals surface area contributed by atoms with E-state index < -0.39 is 10.8 Å². The van der Waals surface area contributed by atoms with Crippen LogP contribution in [0.3, 0.4) is 0 Å². The number of rotatable bonds is 3. The molecule has 0 aliphatic carbocycles. The van der Waals surface area contributed by atoms with Crippen molar-refractivity contribution in [3.8, 4) is 11.4 Å². The van der Waals surface area contributed by atoms with Crippen molar-refractivity contribution in [2.75, 3.05) is 0 Å². The van der Waals surface area contributed by atoms with Crippen LogP contribution in [0.15, 0.2) is 23.2 Å². The van der Waals surface area contributed by atoms with Crippen molar-refractivity contribution in [1.82, 2.24) is 20.6 Å². The average molecular weight is 247 g/mol. The molecule has 92 valence electrons. The maximum Gasteiger partial charge on any atom is 0.270 e. The molecule has 0 saturated carbocycles. The largest absolute Gasteiger partial charge is 0.862 e. The predicted octanol–water partition coefficient (Wildman–Crippen LogP) is 0.185. The van der Waals surface area contributed by atoms with Crippen molar-refractivity contribution in [1.29, 1.82) is 0 Å². The number of H-pyrrole nitrogens is 1. The molecular formula is C9H7N6O3-. The van der Waals surface area contributed by atoms with E-state index in [4.69, 9.17) is 0 Å². The van der Waals surface area contributed by atoms with E-state index in [0.29, 0.717) is 0 Å². The topological polar surface area (TPSA) is 133 Å². The van der Waals surface area contributed by atoms with Crippen LogP contribution in [-0.4, -0.2) is 31.4 Å². The lowest BCUT2D eigenvalue weighted by Gasteiger charge is -2.06. The molecule has 1 aromatic heterocycles. The molecule has 2 aromatic rings. The van der Waals surface area contributed by atoms with Gasteiger partial charge in [-0.1, -0.05) is 0 Å². The SMILES string of the molecule is CC([O-])=Nc1ccc([N+](=O)[O-])cc1-c1nn[nH]n1. The normalized spacial score (nSPS) is 11.5. The van der Waals surface area contributed by atoms with Crippen molar-refractivity contribution >= 4 is 17.3 Å². The zero-order valence-electron chi connectivity index (χ0n) is 9.19. The number of non-ortho nitro benzene ring substituents is 1. The van der Waals surface area contributed by atoms with Gasteiger partial charge in [-0.15, -0.1) is 10.2 Å². The number of hydrogen-bond acceptors (Lipinski definition) is 7. The lowest BCUT2D eigenvalue weighted by molar-refractivity contribution is -0.384. The highest BCUT2D eigenvalue weighted by atomic mass is 16.6. The first-order valence-electron chi connectivity index (χ1n) is 4.82. The highest BCUT2D eigenvalue weighted by molar-refractivity contribution is 5.80. The Morgan fingerprint density at radius 1 is 1.50 bits per heavy atom. The van der Waals surface area contributed by atoms with Gasteiger partial charge in [0.15, 0.2) is 0 Å². The van der Waals surface area contributed by atoms with E-state index in [1.165, 1.54) is 25.1 Å². The standard InChI is InChI=1S/C9H8N6O3/c1-5(16)10-8-3-2-6(15(17)18)4-7(8)9-11-13-14-12-9/h2-4H,1H3,(H,10,16)(H,11,12,13,14)/p-1. The van der Waals surface area contributed by atoms with Crippen molar-refractivity contribution in [3.05, 3.63) is 28.3 Å². The van der Waals surface area contributed by atoms with Gasteiger partial charge in [-0.25, -0.2) is 0 Å². The Morgan fingerprint density at radius 3 is 2.83 bits per heavy atom. The maximum absolute atomic E-state index is 11.0. The van der Waals surface area contributed by atoms with Crippen molar-refractivity contribution in [2.45, 2.75) is 6.92 Å². The fraction of sp³-hybridized carbons (Fsp3) is 0.111. The second-order valence-electron chi connectivity index (χ2n) is 3.32. The molecule has 18 heavy (non-hydrogen) atoms. The molecule has 0 saturated heterocycles. The summed E-state index contributed by atoms with van der Waals surface area (Å²) in [5, 5.41) is 34.7. The number of aromatic nitrogens is 4. The number of benzene rings is 1. The quantitative estimate of drug-likeness (QED) is 0.356. The van der Waals surface area contributed by atoms with Crippen molar-refractivity contribution < 1.29 is 10.0 Å². The lowest BCUT2D eigenvalue weighted by atomic mass is 10.1. The second kappa shape index (κ2) is 4.57. The molecule has 0 amide bonds. The Morgan fingerprint density at radius 2 is 2.28 bits per heavy atom. The molecule has 0 spiro atoms. The van der Waals surface area contributed by atoms with Gasteiger partial charge in [0.25, 0.3) is 5.69 Å². The molecule has 9 heteroatoms. The van der Waals surface area contributed by atoms with Crippen LogP contribution in [0.25, 0.3) is 11.4 Å². The van der Waals surface area contributed by atoms with Gasteiger partial charge in [0.05, 0.1) is 16.2 Å². The summed E-state index contributed by atoms with van der Waals surface area (Å²) in [6.07, 6.45) is 0. The van der Waals surface area contributed by atoms with Crippen LogP contribution in [-0.2, 0) is 0 Å². The van der Waals surface area contributed by atoms with Crippen LogP contribution in [0.1, 0.15) is 6.92 Å². The highest BCUT2D eigenvalue weighted by Gasteiger charge is 2.14. The molecule has 0 unspecified atom stereocenters. The van der Waals surface area contributed by atoms with Crippen LogP contribution in [0.4, 0.5) is 11.4 Å². The van der Waals surface area contributed by atoms with Gasteiger partial charge >= 0.3 is 0 Å². The number of nitro groups is 1. The van der Waals surface area contributed by atoms with Gasteiger partial charge < -0.3 is 5.11 Å². The van der Waals surface area contributed by atoms with Gasteiger partial charge in [-0.05, 0) is 24.1 Å². The molecule has 0 aliphatic heterocycles. The number of aromatic amines is 1.